The highest BCUT2D eigenvalue weighted by atomic mass is 16.1. The lowest BCUT2D eigenvalue weighted by Crippen LogP contribution is -2.44. The number of rotatable bonds is 3. The molecule has 172 valence electrons. The van der Waals surface area contributed by atoms with E-state index in [1.807, 2.05) is 12.3 Å². The number of hydrogen-bond donors (Lipinski definition) is 1. The minimum absolute atomic E-state index is 0.0251. The van der Waals surface area contributed by atoms with Gasteiger partial charge in [0.2, 0.25) is 5.95 Å². The molecule has 1 aliphatic heterocycles. The Balaban J connectivity index is 1.29. The maximum atomic E-state index is 12.7. The molecule has 1 N–H and O–H groups in total. The van der Waals surface area contributed by atoms with Gasteiger partial charge in [-0.25, -0.2) is 14.5 Å². The molecule has 4 heterocycles. The number of nitrogens with one attached hydrogen (secondary N) is 1. The predicted molar refractivity (Wildman–Crippen MR) is 126 cm³/mol. The highest BCUT2D eigenvalue weighted by Crippen LogP contribution is 2.48. The molecule has 0 aromatic carbocycles. The first kappa shape index (κ1) is 20.5. The molecule has 0 radical (unpaired) electrons. The molecule has 1 spiro atoms. The van der Waals surface area contributed by atoms with Crippen LogP contribution in [0.5, 0.6) is 0 Å². The molecule has 0 atom stereocenters. The van der Waals surface area contributed by atoms with Gasteiger partial charge >= 0.3 is 0 Å². The minimum Gasteiger partial charge on any atom is -0.368 e. The lowest BCUT2D eigenvalue weighted by molar-refractivity contribution is 0.0934. The SMILES string of the molecule is CN1CCN(c2ccc(Nc3ncn4nc5c(c4n3)C3(CCCCC3)CCC5=O)nc2)CC1. The summed E-state index contributed by atoms with van der Waals surface area (Å²) in [6.07, 6.45) is 10.9. The molecule has 1 saturated heterocycles. The van der Waals surface area contributed by atoms with E-state index in [0.29, 0.717) is 23.9 Å². The van der Waals surface area contributed by atoms with Crippen molar-refractivity contribution in [3.63, 3.8) is 0 Å². The van der Waals surface area contributed by atoms with Crippen LogP contribution in [0.3, 0.4) is 0 Å². The summed E-state index contributed by atoms with van der Waals surface area (Å²) in [5, 5.41) is 7.84. The third-order valence-corrected chi connectivity index (χ3v) is 7.68. The quantitative estimate of drug-likeness (QED) is 0.656. The summed E-state index contributed by atoms with van der Waals surface area (Å²) in [5.41, 5.74) is 3.56. The van der Waals surface area contributed by atoms with Gasteiger partial charge in [-0.05, 0) is 38.4 Å². The van der Waals surface area contributed by atoms with E-state index in [1.54, 1.807) is 10.8 Å². The van der Waals surface area contributed by atoms with E-state index in [1.165, 1.54) is 19.3 Å². The van der Waals surface area contributed by atoms with Gasteiger partial charge in [0.15, 0.2) is 11.4 Å². The zero-order chi connectivity index (χ0) is 22.4. The van der Waals surface area contributed by atoms with Crippen LogP contribution < -0.4 is 10.2 Å². The van der Waals surface area contributed by atoms with Crippen molar-refractivity contribution in [3.05, 3.63) is 35.9 Å². The summed E-state index contributed by atoms with van der Waals surface area (Å²) in [4.78, 5) is 31.2. The van der Waals surface area contributed by atoms with E-state index in [-0.39, 0.29) is 11.2 Å². The number of pyridine rings is 1. The standard InChI is InChI=1S/C24H30N8O/c1-30-11-13-31(14-12-30)17-5-6-19(25-15-17)27-23-26-16-32-22(28-23)20-21(29-32)18(33)7-10-24(20)8-3-2-4-9-24/h5-6,15-16H,2-4,7-14H2,1H3,(H,25,27,28). The van der Waals surface area contributed by atoms with E-state index >= 15 is 0 Å². The number of anilines is 3. The van der Waals surface area contributed by atoms with Gasteiger partial charge in [0.1, 0.15) is 17.8 Å². The number of carbonyl (C=O) groups is 1. The number of hydrogen-bond acceptors (Lipinski definition) is 8. The number of nitrogens with zero attached hydrogens (tertiary/aromatic N) is 7. The van der Waals surface area contributed by atoms with Gasteiger partial charge in [0.25, 0.3) is 0 Å². The van der Waals surface area contributed by atoms with Gasteiger partial charge in [-0.1, -0.05) is 19.3 Å². The molecule has 0 bridgehead atoms. The second kappa shape index (κ2) is 8.06. The van der Waals surface area contributed by atoms with Gasteiger partial charge in [-0.3, -0.25) is 4.79 Å². The van der Waals surface area contributed by atoms with Crippen molar-refractivity contribution in [1.82, 2.24) is 29.5 Å². The number of Topliss-reactive ketones (excluding diaryl/α,β-unsaturated/α-hetero) is 1. The second-order valence-corrected chi connectivity index (χ2v) is 9.75. The van der Waals surface area contributed by atoms with Crippen LogP contribution in [0.1, 0.15) is 61.0 Å². The second-order valence-electron chi connectivity index (χ2n) is 9.75. The predicted octanol–water partition coefficient (Wildman–Crippen LogP) is 3.19. The van der Waals surface area contributed by atoms with Crippen molar-refractivity contribution in [2.75, 3.05) is 43.4 Å². The highest BCUT2D eigenvalue weighted by molar-refractivity contribution is 5.99. The van der Waals surface area contributed by atoms with Crippen molar-refractivity contribution in [3.8, 4) is 0 Å². The molecule has 0 unspecified atom stereocenters. The Bertz CT molecular complexity index is 1170. The molecule has 3 aliphatic rings. The normalized spacial score (nSPS) is 20.9. The first-order valence-electron chi connectivity index (χ1n) is 12.1. The fourth-order valence-electron chi connectivity index (χ4n) is 5.75. The van der Waals surface area contributed by atoms with Crippen molar-refractivity contribution in [2.45, 2.75) is 50.4 Å². The first-order chi connectivity index (χ1) is 16.1. The number of carbonyl (C=O) groups excluding carboxylic acids is 1. The van der Waals surface area contributed by atoms with Crippen LogP contribution in [0.2, 0.25) is 0 Å². The summed E-state index contributed by atoms with van der Waals surface area (Å²) in [7, 11) is 2.16. The van der Waals surface area contributed by atoms with Crippen LogP contribution >= 0.6 is 0 Å². The van der Waals surface area contributed by atoms with E-state index in [4.69, 9.17) is 4.98 Å². The maximum Gasteiger partial charge on any atom is 0.231 e. The summed E-state index contributed by atoms with van der Waals surface area (Å²) < 4.78 is 1.68. The fourth-order valence-corrected chi connectivity index (χ4v) is 5.75. The Kier molecular flexibility index (Phi) is 5.01. The number of fused-ring (bicyclic) bond motifs is 4. The summed E-state index contributed by atoms with van der Waals surface area (Å²) >= 11 is 0. The van der Waals surface area contributed by atoms with Gasteiger partial charge in [0, 0.05) is 43.6 Å². The fraction of sp³-hybridized carbons (Fsp3) is 0.542. The van der Waals surface area contributed by atoms with Gasteiger partial charge in [0.05, 0.1) is 11.9 Å². The molecule has 2 fully saturated rings. The average molecular weight is 447 g/mol. The van der Waals surface area contributed by atoms with Crippen LogP contribution in [0.15, 0.2) is 24.7 Å². The third kappa shape index (κ3) is 3.64. The number of ketones is 1. The average Bonchev–Trinajstić information content (AvgIpc) is 3.24. The number of likely N-dealkylation sites (N-methyl/N-ethyl adjacent to an activating group) is 1. The molecular weight excluding hydrogens is 416 g/mol. The number of piperazine rings is 1. The molecule has 3 aromatic rings. The van der Waals surface area contributed by atoms with Crippen molar-refractivity contribution in [1.29, 1.82) is 0 Å². The molecule has 0 amide bonds. The Morgan fingerprint density at radius 3 is 2.58 bits per heavy atom. The minimum atomic E-state index is 0.0251. The Hall–Kier alpha value is -3.07. The van der Waals surface area contributed by atoms with Crippen LogP contribution in [-0.4, -0.2) is 68.5 Å². The Morgan fingerprint density at radius 1 is 1.00 bits per heavy atom. The molecule has 9 nitrogen and oxygen atoms in total. The molecule has 1 saturated carbocycles. The van der Waals surface area contributed by atoms with Crippen molar-refractivity contribution < 1.29 is 4.79 Å². The first-order valence-corrected chi connectivity index (χ1v) is 12.1. The molecule has 3 aromatic heterocycles. The van der Waals surface area contributed by atoms with E-state index in [2.05, 4.69) is 43.3 Å². The lowest BCUT2D eigenvalue weighted by Gasteiger charge is -2.39. The largest absolute Gasteiger partial charge is 0.368 e. The van der Waals surface area contributed by atoms with Crippen molar-refractivity contribution >= 4 is 28.9 Å². The zero-order valence-electron chi connectivity index (χ0n) is 19.1. The lowest BCUT2D eigenvalue weighted by atomic mass is 9.63. The van der Waals surface area contributed by atoms with Crippen molar-refractivity contribution in [2.24, 2.45) is 0 Å². The van der Waals surface area contributed by atoms with Gasteiger partial charge in [-0.2, -0.15) is 10.1 Å². The van der Waals surface area contributed by atoms with Gasteiger partial charge < -0.3 is 15.1 Å². The van der Waals surface area contributed by atoms with Crippen LogP contribution in [0.4, 0.5) is 17.5 Å². The van der Waals surface area contributed by atoms with Crippen LogP contribution in [0.25, 0.3) is 5.65 Å². The molecule has 9 heteroatoms. The zero-order valence-corrected chi connectivity index (χ0v) is 19.1. The molecular formula is C24H30N8O. The Labute approximate surface area is 193 Å². The van der Waals surface area contributed by atoms with Crippen LogP contribution in [-0.2, 0) is 5.41 Å². The van der Waals surface area contributed by atoms with E-state index in [9.17, 15) is 4.79 Å². The highest BCUT2D eigenvalue weighted by Gasteiger charge is 2.44. The van der Waals surface area contributed by atoms with E-state index < -0.39 is 0 Å². The summed E-state index contributed by atoms with van der Waals surface area (Å²) in [5.74, 6) is 1.31. The smallest absolute Gasteiger partial charge is 0.231 e. The maximum absolute atomic E-state index is 12.7. The van der Waals surface area contributed by atoms with Gasteiger partial charge in [-0.15, -0.1) is 0 Å². The molecule has 33 heavy (non-hydrogen) atoms. The number of aromatic nitrogens is 5. The monoisotopic (exact) mass is 446 g/mol. The topological polar surface area (TPSA) is 91.5 Å². The van der Waals surface area contributed by atoms with E-state index in [0.717, 1.165) is 62.3 Å². The Morgan fingerprint density at radius 2 is 1.82 bits per heavy atom. The third-order valence-electron chi connectivity index (χ3n) is 7.68. The molecule has 2 aliphatic carbocycles. The molecule has 6 rings (SSSR count). The van der Waals surface area contributed by atoms with Crippen LogP contribution in [0, 0.1) is 0 Å². The summed E-state index contributed by atoms with van der Waals surface area (Å²) in [6, 6.07) is 4.06. The summed E-state index contributed by atoms with van der Waals surface area (Å²) in [6.45, 7) is 4.15.